The molecule has 0 radical (unpaired) electrons. The summed E-state index contributed by atoms with van der Waals surface area (Å²) in [5.74, 6) is 0. The fourth-order valence-corrected chi connectivity index (χ4v) is 2.74. The Bertz CT molecular complexity index is 377. The molecule has 1 aliphatic heterocycles. The molecule has 2 rings (SSSR count). The van der Waals surface area contributed by atoms with Crippen molar-refractivity contribution in [1.82, 2.24) is 4.98 Å². The summed E-state index contributed by atoms with van der Waals surface area (Å²) in [6.07, 6.45) is 3.22. The molecule has 1 aliphatic rings. The van der Waals surface area contributed by atoms with Gasteiger partial charge in [-0.2, -0.15) is 0 Å². The third-order valence-corrected chi connectivity index (χ3v) is 4.03. The Morgan fingerprint density at radius 3 is 3.12 bits per heavy atom. The molecule has 1 atom stereocenters. The minimum Gasteiger partial charge on any atom is -0.376 e. The molecule has 6 heteroatoms. The minimum atomic E-state index is 0.271. The van der Waals surface area contributed by atoms with Crippen molar-refractivity contribution < 1.29 is 9.53 Å². The van der Waals surface area contributed by atoms with Gasteiger partial charge in [0.1, 0.15) is 4.88 Å². The predicted molar refractivity (Wildman–Crippen MR) is 64.8 cm³/mol. The SMILES string of the molecule is CN(CC1CCCO1)c1nc(Cl)c(C=O)s1. The zero-order valence-electron chi connectivity index (χ0n) is 8.98. The van der Waals surface area contributed by atoms with E-state index in [0.29, 0.717) is 4.88 Å². The van der Waals surface area contributed by atoms with Crippen molar-refractivity contribution in [1.29, 1.82) is 0 Å². The van der Waals surface area contributed by atoms with Gasteiger partial charge in [-0.3, -0.25) is 4.79 Å². The lowest BCUT2D eigenvalue weighted by Crippen LogP contribution is -2.28. The van der Waals surface area contributed by atoms with Gasteiger partial charge in [-0.05, 0) is 12.8 Å². The number of hydrogen-bond acceptors (Lipinski definition) is 5. The normalized spacial score (nSPS) is 20.0. The Hall–Kier alpha value is -0.650. The highest BCUT2D eigenvalue weighted by Crippen LogP contribution is 2.28. The number of carbonyl (C=O) groups excluding carboxylic acids is 1. The average Bonchev–Trinajstić information content (AvgIpc) is 2.87. The van der Waals surface area contributed by atoms with E-state index in [2.05, 4.69) is 4.98 Å². The third-order valence-electron chi connectivity index (χ3n) is 2.53. The number of hydrogen-bond donors (Lipinski definition) is 0. The quantitative estimate of drug-likeness (QED) is 0.779. The molecule has 16 heavy (non-hydrogen) atoms. The molecule has 0 saturated carbocycles. The molecular weight excluding hydrogens is 248 g/mol. The summed E-state index contributed by atoms with van der Waals surface area (Å²) in [4.78, 5) is 17.3. The first-order chi connectivity index (χ1) is 7.70. The van der Waals surface area contributed by atoms with Crippen molar-refractivity contribution in [3.8, 4) is 0 Å². The van der Waals surface area contributed by atoms with Crippen LogP contribution in [0.3, 0.4) is 0 Å². The highest BCUT2D eigenvalue weighted by atomic mass is 35.5. The van der Waals surface area contributed by atoms with Gasteiger partial charge < -0.3 is 9.64 Å². The Balaban J connectivity index is 2.01. The van der Waals surface area contributed by atoms with E-state index < -0.39 is 0 Å². The molecule has 0 amide bonds. The van der Waals surface area contributed by atoms with Crippen LogP contribution in [-0.4, -0.2) is 37.6 Å². The Morgan fingerprint density at radius 2 is 2.56 bits per heavy atom. The van der Waals surface area contributed by atoms with E-state index in [9.17, 15) is 4.79 Å². The first-order valence-electron chi connectivity index (χ1n) is 5.15. The summed E-state index contributed by atoms with van der Waals surface area (Å²) < 4.78 is 5.54. The zero-order chi connectivity index (χ0) is 11.5. The molecule has 1 aromatic rings. The van der Waals surface area contributed by atoms with E-state index in [1.54, 1.807) is 0 Å². The Kier molecular flexibility index (Phi) is 3.78. The number of rotatable bonds is 4. The number of nitrogens with zero attached hydrogens (tertiary/aromatic N) is 2. The third kappa shape index (κ3) is 2.53. The second kappa shape index (κ2) is 5.12. The number of carbonyl (C=O) groups is 1. The van der Waals surface area contributed by atoms with Gasteiger partial charge in [-0.1, -0.05) is 22.9 Å². The van der Waals surface area contributed by atoms with Gasteiger partial charge in [0.25, 0.3) is 0 Å². The molecule has 2 heterocycles. The molecule has 1 fully saturated rings. The van der Waals surface area contributed by atoms with E-state index in [4.69, 9.17) is 16.3 Å². The fourth-order valence-electron chi connectivity index (χ4n) is 1.71. The highest BCUT2D eigenvalue weighted by molar-refractivity contribution is 7.17. The summed E-state index contributed by atoms with van der Waals surface area (Å²) in [5.41, 5.74) is 0. The summed E-state index contributed by atoms with van der Waals surface area (Å²) in [6, 6.07) is 0. The van der Waals surface area contributed by atoms with E-state index in [0.717, 1.165) is 37.4 Å². The average molecular weight is 261 g/mol. The molecular formula is C10H13ClN2O2S. The van der Waals surface area contributed by atoms with Gasteiger partial charge in [-0.15, -0.1) is 0 Å². The smallest absolute Gasteiger partial charge is 0.187 e. The Labute approximate surface area is 103 Å². The van der Waals surface area contributed by atoms with Crippen LogP contribution in [0.5, 0.6) is 0 Å². The zero-order valence-corrected chi connectivity index (χ0v) is 10.6. The van der Waals surface area contributed by atoms with Crippen LogP contribution in [0.2, 0.25) is 5.15 Å². The van der Waals surface area contributed by atoms with E-state index in [1.807, 2.05) is 11.9 Å². The number of anilines is 1. The van der Waals surface area contributed by atoms with Gasteiger partial charge >= 0.3 is 0 Å². The van der Waals surface area contributed by atoms with Gasteiger partial charge in [0.05, 0.1) is 6.10 Å². The number of likely N-dealkylation sites (N-methyl/N-ethyl adjacent to an activating group) is 1. The van der Waals surface area contributed by atoms with Crippen LogP contribution in [0, 0.1) is 0 Å². The Morgan fingerprint density at radius 1 is 1.75 bits per heavy atom. The van der Waals surface area contributed by atoms with Crippen LogP contribution in [-0.2, 0) is 4.74 Å². The van der Waals surface area contributed by atoms with Crippen molar-refractivity contribution in [2.45, 2.75) is 18.9 Å². The second-order valence-electron chi connectivity index (χ2n) is 3.78. The molecule has 1 aromatic heterocycles. The molecule has 0 N–H and O–H groups in total. The number of ether oxygens (including phenoxy) is 1. The largest absolute Gasteiger partial charge is 0.376 e. The fraction of sp³-hybridized carbons (Fsp3) is 0.600. The summed E-state index contributed by atoms with van der Waals surface area (Å²) in [7, 11) is 1.94. The van der Waals surface area contributed by atoms with Gasteiger partial charge in [0.2, 0.25) is 0 Å². The molecule has 0 spiro atoms. The van der Waals surface area contributed by atoms with Gasteiger partial charge in [0, 0.05) is 20.2 Å². The summed E-state index contributed by atoms with van der Waals surface area (Å²) in [5, 5.41) is 1.05. The maximum Gasteiger partial charge on any atom is 0.187 e. The maximum atomic E-state index is 10.7. The lowest BCUT2D eigenvalue weighted by Gasteiger charge is -2.19. The predicted octanol–water partition coefficient (Wildman–Crippen LogP) is 2.22. The summed E-state index contributed by atoms with van der Waals surface area (Å²) >= 11 is 7.13. The number of thiazole rings is 1. The van der Waals surface area contributed by atoms with Gasteiger partial charge in [0.15, 0.2) is 16.6 Å². The first kappa shape index (κ1) is 11.8. The van der Waals surface area contributed by atoms with Crippen LogP contribution >= 0.6 is 22.9 Å². The minimum absolute atomic E-state index is 0.271. The molecule has 0 bridgehead atoms. The van der Waals surface area contributed by atoms with Crippen LogP contribution < -0.4 is 4.90 Å². The number of halogens is 1. The lowest BCUT2D eigenvalue weighted by molar-refractivity contribution is 0.112. The molecule has 0 aliphatic carbocycles. The molecule has 88 valence electrons. The van der Waals surface area contributed by atoms with E-state index >= 15 is 0 Å². The maximum absolute atomic E-state index is 10.7. The molecule has 1 unspecified atom stereocenters. The number of aromatic nitrogens is 1. The summed E-state index contributed by atoms with van der Waals surface area (Å²) in [6.45, 7) is 1.64. The monoisotopic (exact) mass is 260 g/mol. The van der Waals surface area contributed by atoms with Crippen LogP contribution in [0.25, 0.3) is 0 Å². The standard InChI is InChI=1S/C10H13ClN2O2S/c1-13(5-7-3-2-4-15-7)10-12-9(11)8(6-14)16-10/h6-7H,2-5H2,1H3. The van der Waals surface area contributed by atoms with Crippen molar-refractivity contribution in [3.05, 3.63) is 10.0 Å². The molecule has 4 nitrogen and oxygen atoms in total. The van der Waals surface area contributed by atoms with Crippen molar-refractivity contribution in [2.24, 2.45) is 0 Å². The molecule has 0 aromatic carbocycles. The van der Waals surface area contributed by atoms with Crippen molar-refractivity contribution >= 4 is 34.4 Å². The lowest BCUT2D eigenvalue weighted by atomic mass is 10.2. The second-order valence-corrected chi connectivity index (χ2v) is 5.15. The van der Waals surface area contributed by atoms with E-state index in [-0.39, 0.29) is 11.3 Å². The van der Waals surface area contributed by atoms with Crippen LogP contribution in [0.1, 0.15) is 22.5 Å². The topological polar surface area (TPSA) is 42.4 Å². The number of aldehydes is 1. The van der Waals surface area contributed by atoms with Crippen LogP contribution in [0.4, 0.5) is 5.13 Å². The van der Waals surface area contributed by atoms with Crippen molar-refractivity contribution in [3.63, 3.8) is 0 Å². The first-order valence-corrected chi connectivity index (χ1v) is 6.34. The highest BCUT2D eigenvalue weighted by Gasteiger charge is 2.19. The molecule has 1 saturated heterocycles. The van der Waals surface area contributed by atoms with Crippen LogP contribution in [0.15, 0.2) is 0 Å². The van der Waals surface area contributed by atoms with Crippen molar-refractivity contribution in [2.75, 3.05) is 25.1 Å². The van der Waals surface area contributed by atoms with E-state index in [1.165, 1.54) is 11.3 Å². The van der Waals surface area contributed by atoms with Gasteiger partial charge in [-0.25, -0.2) is 4.98 Å².